The molecule has 0 saturated heterocycles. The molecule has 0 aliphatic carbocycles. The van der Waals surface area contributed by atoms with Gasteiger partial charge in [-0.2, -0.15) is 0 Å². The van der Waals surface area contributed by atoms with Gasteiger partial charge in [-0.25, -0.2) is 0 Å². The summed E-state index contributed by atoms with van der Waals surface area (Å²) in [5, 5.41) is -5.00. The van der Waals surface area contributed by atoms with E-state index in [0.717, 1.165) is 0 Å². The fourth-order valence-electron chi connectivity index (χ4n) is 0. The lowest BCUT2D eigenvalue weighted by atomic mass is 10.8. The Morgan fingerprint density at radius 3 is 0.833 bits per heavy atom. The van der Waals surface area contributed by atoms with E-state index in [-0.39, 0.29) is 8.41 Å². The number of hydrogen-bond donors (Lipinski definition) is 0. The average Bonchev–Trinajstić information content (AvgIpc) is 0.722. The van der Waals surface area contributed by atoms with Crippen molar-refractivity contribution in [3.8, 4) is 0 Å². The Bertz CT molecular complexity index is 23.0. The van der Waals surface area contributed by atoms with Gasteiger partial charge in [-0.15, -0.1) is 0 Å². The predicted octanol–water partition coefficient (Wildman–Crippen LogP) is 0.157. The zero-order valence-corrected chi connectivity index (χ0v) is 1.96. The molecule has 1 nitrogen and oxygen atoms in total. The molecule has 0 rings (SSSR count). The normalized spacial score (nSPS) is 10.0. The Kier molecular flexibility index (Phi) is 3.10. The van der Waals surface area contributed by atoms with Crippen LogP contribution in [0, 0.1) is 0 Å². The van der Waals surface area contributed by atoms with Crippen LogP contribution in [0.3, 0.4) is 0 Å². The Morgan fingerprint density at radius 1 is 0.833 bits per heavy atom. The minimum absolute atomic E-state index is 0. The maximum atomic E-state index is 9.62. The highest BCUT2D eigenvalue weighted by atomic mass is 19.7. The minimum Gasteiger partial charge on any atom is 0.0814 e. The first kappa shape index (κ1) is 9.22. The highest BCUT2D eigenvalue weighted by Crippen LogP contribution is 2.08. The quantitative estimate of drug-likeness (QED) is 0.233. The largest absolute Gasteiger partial charge is 0.440 e. The summed E-state index contributed by atoms with van der Waals surface area (Å²) in [6.07, 6.45) is 0. The topological polar surface area (TPSA) is 0 Å². The van der Waals surface area contributed by atoms with E-state index in [0.29, 0.717) is 0 Å². The monoisotopic (exact) mass is 104 g/mol. The van der Waals surface area contributed by atoms with Crippen molar-refractivity contribution in [2.75, 3.05) is 0 Å². The zero-order valence-electron chi connectivity index (χ0n) is 1.96. The van der Waals surface area contributed by atoms with Gasteiger partial charge in [0.15, 0.2) is 0 Å². The van der Waals surface area contributed by atoms with E-state index in [1.807, 2.05) is 0 Å². The third kappa shape index (κ3) is 434. The Hall–Kier alpha value is -0.255. The summed E-state index contributed by atoms with van der Waals surface area (Å²) >= 11 is 0. The summed E-state index contributed by atoms with van der Waals surface area (Å²) in [7, 11) is 0. The maximum absolute atomic E-state index is 9.62. The second-order valence-electron chi connectivity index (χ2n) is 0.383. The number of hydrogen-bond acceptors (Lipinski definition) is 0. The molecule has 0 aromatic rings. The fourth-order valence-corrected chi connectivity index (χ4v) is 0. The molecular formula is H3BF4N+. The fraction of sp³-hybridized carbons (Fsp3) is 0. The van der Waals surface area contributed by atoms with Crippen molar-refractivity contribution in [3.63, 3.8) is 0 Å². The Morgan fingerprint density at radius 2 is 0.833 bits per heavy atom. The lowest BCUT2D eigenvalue weighted by Crippen LogP contribution is -1.99. The van der Waals surface area contributed by atoms with Gasteiger partial charge in [-0.1, -0.05) is 0 Å². The molecule has 6 heteroatoms. The van der Waals surface area contributed by atoms with Crippen LogP contribution in [0.1, 0.15) is 0 Å². The molecule has 0 bridgehead atoms. The van der Waals surface area contributed by atoms with Crippen LogP contribution in [0.5, 0.6) is 0 Å². The lowest BCUT2D eigenvalue weighted by molar-refractivity contribution is -1.36. The summed E-state index contributed by atoms with van der Waals surface area (Å²) in [4.78, 5) is 0. The summed E-state index contributed by atoms with van der Waals surface area (Å²) in [5.41, 5.74) is 0. The third-order valence-corrected chi connectivity index (χ3v) is 0. The van der Waals surface area contributed by atoms with Crippen LogP contribution in [-0.2, 0) is 0 Å². The summed E-state index contributed by atoms with van der Waals surface area (Å²) in [6.45, 7) is 0. The second kappa shape index (κ2) is 2.02. The molecule has 0 heterocycles. The van der Waals surface area contributed by atoms with E-state index in [2.05, 4.69) is 0 Å². The highest BCUT2D eigenvalue weighted by Gasteiger charge is 2.30. The van der Waals surface area contributed by atoms with Crippen LogP contribution < -0.4 is 0 Å². The molecule has 0 spiro atoms. The van der Waals surface area contributed by atoms with Crippen LogP contribution in [0.4, 0.5) is 17.9 Å². The van der Waals surface area contributed by atoms with Crippen molar-refractivity contribution in [1.29, 1.82) is 0 Å². The van der Waals surface area contributed by atoms with Crippen LogP contribution >= 0.6 is 0 Å². The summed E-state index contributed by atoms with van der Waals surface area (Å²) in [6, 6.07) is 0. The van der Waals surface area contributed by atoms with Gasteiger partial charge in [-0.3, -0.25) is 0 Å². The first-order valence-corrected chi connectivity index (χ1v) is 0.676. The van der Waals surface area contributed by atoms with Crippen LogP contribution in [-0.4, -0.2) is 13.8 Å². The zero-order chi connectivity index (χ0) is 4.50. The molecule has 0 fully saturated rings. The molecule has 0 aliphatic heterocycles. The number of nitrogens with zero attached hydrogens (tertiary/aromatic N) is 1. The second-order valence-corrected chi connectivity index (χ2v) is 0.383. The van der Waals surface area contributed by atoms with Crippen LogP contribution in [0.25, 0.3) is 0 Å². The number of halogens is 4. The van der Waals surface area contributed by atoms with Gasteiger partial charge in [0.2, 0.25) is 0 Å². The SMILES string of the molecule is B.F[N+](F)(F)F. The van der Waals surface area contributed by atoms with Gasteiger partial charge >= 0.3 is 5.37 Å². The van der Waals surface area contributed by atoms with Crippen LogP contribution in [0.2, 0.25) is 0 Å². The molecule has 0 aromatic heterocycles. The van der Waals surface area contributed by atoms with Crippen LogP contribution in [0.15, 0.2) is 0 Å². The van der Waals surface area contributed by atoms with Crippen molar-refractivity contribution in [1.82, 2.24) is 0 Å². The Labute approximate surface area is 33.1 Å². The first-order chi connectivity index (χ1) is 2.00. The molecule has 38 valence electrons. The molecule has 0 aromatic carbocycles. The van der Waals surface area contributed by atoms with Gasteiger partial charge in [0.1, 0.15) is 17.9 Å². The maximum Gasteiger partial charge on any atom is 0.440 e. The van der Waals surface area contributed by atoms with Gasteiger partial charge in [0.25, 0.3) is 0 Å². The van der Waals surface area contributed by atoms with Crippen molar-refractivity contribution in [3.05, 3.63) is 0 Å². The number of rotatable bonds is 0. The van der Waals surface area contributed by atoms with Gasteiger partial charge in [-0.05, 0) is 0 Å². The summed E-state index contributed by atoms with van der Waals surface area (Å²) < 4.78 is 38.5. The lowest BCUT2D eigenvalue weighted by Gasteiger charge is -1.71. The van der Waals surface area contributed by atoms with Crippen molar-refractivity contribution in [2.24, 2.45) is 0 Å². The van der Waals surface area contributed by atoms with E-state index >= 15 is 0 Å². The molecule has 0 atom stereocenters. The minimum atomic E-state index is -5.00. The predicted molar refractivity (Wildman–Crippen MR) is 14.6 cm³/mol. The third-order valence-electron chi connectivity index (χ3n) is 0. The molecule has 0 amide bonds. The molecule has 0 saturated carbocycles. The molecule has 0 N–H and O–H groups in total. The van der Waals surface area contributed by atoms with E-state index in [1.165, 1.54) is 0 Å². The molecular weight excluding hydrogens is 101 g/mol. The van der Waals surface area contributed by atoms with Crippen molar-refractivity contribution < 1.29 is 23.3 Å². The molecule has 6 heavy (non-hydrogen) atoms. The standard InChI is InChI=1S/BH3.F4N/c;1-5(2,3)4/h1H3;/q;+1. The van der Waals surface area contributed by atoms with Gasteiger partial charge < -0.3 is 0 Å². The van der Waals surface area contributed by atoms with E-state index in [1.54, 1.807) is 0 Å². The molecule has 0 unspecified atom stereocenters. The summed E-state index contributed by atoms with van der Waals surface area (Å²) in [5.74, 6) is 0. The van der Waals surface area contributed by atoms with Gasteiger partial charge in [0.05, 0.1) is 8.41 Å². The molecule has 0 aliphatic rings. The van der Waals surface area contributed by atoms with Crippen molar-refractivity contribution >= 4 is 8.41 Å². The van der Waals surface area contributed by atoms with E-state index in [9.17, 15) is 17.9 Å². The number of quaternary nitrogens is 1. The molecule has 0 radical (unpaired) electrons. The highest BCUT2D eigenvalue weighted by molar-refractivity contribution is 5.75. The Balaban J connectivity index is 0. The average molecular weight is 104 g/mol. The van der Waals surface area contributed by atoms with Gasteiger partial charge in [0, 0.05) is 0 Å². The first-order valence-electron chi connectivity index (χ1n) is 0.676. The van der Waals surface area contributed by atoms with Crippen molar-refractivity contribution in [2.45, 2.75) is 0 Å². The van der Waals surface area contributed by atoms with E-state index in [4.69, 9.17) is 0 Å². The smallest absolute Gasteiger partial charge is 0.0814 e. The van der Waals surface area contributed by atoms with E-state index < -0.39 is 5.37 Å².